The Morgan fingerprint density at radius 3 is 2.60 bits per heavy atom. The summed E-state index contributed by atoms with van der Waals surface area (Å²) in [6.45, 7) is 0.835. The molecule has 1 aromatic heterocycles. The normalized spacial score (nSPS) is 17.7. The van der Waals surface area contributed by atoms with Crippen molar-refractivity contribution in [1.29, 1.82) is 0 Å². The molecule has 2 heterocycles. The first-order valence-corrected chi connectivity index (χ1v) is 12.1. The minimum absolute atomic E-state index is 0.320. The molecule has 10 heteroatoms. The number of aliphatic hydroxyl groups excluding tert-OH is 1. The van der Waals surface area contributed by atoms with Crippen LogP contribution in [-0.4, -0.2) is 41.2 Å². The van der Waals surface area contributed by atoms with Crippen LogP contribution in [0.25, 0.3) is 16.9 Å². The number of methoxy groups -OCH3 is 1. The average molecular weight is 550 g/mol. The van der Waals surface area contributed by atoms with E-state index in [1.807, 2.05) is 11.0 Å². The molecule has 184 valence electrons. The fraction of sp³-hybridized carbons (Fsp3) is 0.360. The predicted molar refractivity (Wildman–Crippen MR) is 129 cm³/mol. The van der Waals surface area contributed by atoms with E-state index in [9.17, 15) is 23.1 Å². The predicted octanol–water partition coefficient (Wildman–Crippen LogP) is 4.75. The van der Waals surface area contributed by atoms with Crippen LogP contribution < -0.4 is 15.2 Å². The standard InChI is InChI=1S/C25H23BrF3N3O3/c1-35-18-10-14(9-15(26)11-18)23-19-3-2-4-20(19)24(34)32(30-23)22-12-16(31-8-7-17(33)13-31)5-6-21(22)25(27,28)29/h5-6,9-12,17,33H,2-4,7-8,13H2,1H3/t17-/m0/s1. The van der Waals surface area contributed by atoms with Crippen molar-refractivity contribution in [3.05, 3.63) is 67.9 Å². The second kappa shape index (κ2) is 8.98. The molecule has 0 radical (unpaired) electrons. The number of hydrogen-bond acceptors (Lipinski definition) is 5. The molecule has 0 amide bonds. The number of benzene rings is 2. The van der Waals surface area contributed by atoms with Crippen molar-refractivity contribution in [2.24, 2.45) is 0 Å². The van der Waals surface area contributed by atoms with Gasteiger partial charge in [-0.05, 0) is 67.6 Å². The number of fused-ring (bicyclic) bond motifs is 1. The smallest absolute Gasteiger partial charge is 0.418 e. The number of alkyl halides is 3. The lowest BCUT2D eigenvalue weighted by Crippen LogP contribution is -2.29. The highest BCUT2D eigenvalue weighted by Gasteiger charge is 2.36. The first-order chi connectivity index (χ1) is 16.7. The van der Waals surface area contributed by atoms with E-state index < -0.39 is 23.4 Å². The highest BCUT2D eigenvalue weighted by Crippen LogP contribution is 2.38. The Bertz CT molecular complexity index is 1360. The van der Waals surface area contributed by atoms with Crippen LogP contribution in [0.3, 0.4) is 0 Å². The van der Waals surface area contributed by atoms with Crippen LogP contribution >= 0.6 is 15.9 Å². The maximum Gasteiger partial charge on any atom is 0.418 e. The molecule has 0 saturated carbocycles. The fourth-order valence-corrected chi connectivity index (χ4v) is 5.37. The third-order valence-corrected chi connectivity index (χ3v) is 7.04. The van der Waals surface area contributed by atoms with Gasteiger partial charge in [-0.15, -0.1) is 0 Å². The minimum Gasteiger partial charge on any atom is -0.497 e. The van der Waals surface area contributed by atoms with Crippen LogP contribution in [0.2, 0.25) is 0 Å². The number of halogens is 4. The summed E-state index contributed by atoms with van der Waals surface area (Å²) in [5, 5.41) is 14.4. The van der Waals surface area contributed by atoms with E-state index >= 15 is 0 Å². The van der Waals surface area contributed by atoms with E-state index in [-0.39, 0.29) is 5.69 Å². The Morgan fingerprint density at radius 2 is 1.91 bits per heavy atom. The van der Waals surface area contributed by atoms with Gasteiger partial charge in [0.05, 0.1) is 30.2 Å². The van der Waals surface area contributed by atoms with E-state index in [4.69, 9.17) is 4.74 Å². The molecule has 1 saturated heterocycles. The highest BCUT2D eigenvalue weighted by molar-refractivity contribution is 9.10. The number of nitrogens with zero attached hydrogens (tertiary/aromatic N) is 3. The van der Waals surface area contributed by atoms with Gasteiger partial charge in [-0.2, -0.15) is 23.0 Å². The molecule has 1 fully saturated rings. The Balaban J connectivity index is 1.75. The summed E-state index contributed by atoms with van der Waals surface area (Å²) in [6, 6.07) is 9.05. The van der Waals surface area contributed by atoms with Crippen molar-refractivity contribution < 1.29 is 23.0 Å². The molecule has 1 aliphatic carbocycles. The van der Waals surface area contributed by atoms with Gasteiger partial charge in [-0.1, -0.05) is 15.9 Å². The summed E-state index contributed by atoms with van der Waals surface area (Å²) >= 11 is 3.45. The SMILES string of the molecule is COc1cc(Br)cc(-c2nn(-c3cc(N4CC[C@H](O)C4)ccc3C(F)(F)F)c(=O)c3c2CCC3)c1. The number of hydrogen-bond donors (Lipinski definition) is 1. The molecular weight excluding hydrogens is 527 g/mol. The topological polar surface area (TPSA) is 67.6 Å². The number of rotatable bonds is 4. The number of aliphatic hydroxyl groups is 1. The largest absolute Gasteiger partial charge is 0.497 e. The number of aromatic nitrogens is 2. The van der Waals surface area contributed by atoms with Gasteiger partial charge in [0, 0.05) is 34.4 Å². The molecule has 35 heavy (non-hydrogen) atoms. The van der Waals surface area contributed by atoms with E-state index in [0.29, 0.717) is 60.6 Å². The zero-order valence-electron chi connectivity index (χ0n) is 18.9. The quantitative estimate of drug-likeness (QED) is 0.508. The van der Waals surface area contributed by atoms with Crippen molar-refractivity contribution in [2.75, 3.05) is 25.1 Å². The van der Waals surface area contributed by atoms with Gasteiger partial charge in [0.1, 0.15) is 5.75 Å². The van der Waals surface area contributed by atoms with E-state index in [1.165, 1.54) is 19.2 Å². The molecule has 1 N–H and O–H groups in total. The van der Waals surface area contributed by atoms with E-state index in [2.05, 4.69) is 21.0 Å². The number of ether oxygens (including phenoxy) is 1. The number of anilines is 1. The molecule has 1 atom stereocenters. The van der Waals surface area contributed by atoms with Crippen LogP contribution in [0.15, 0.2) is 45.7 Å². The van der Waals surface area contributed by atoms with Gasteiger partial charge in [-0.3, -0.25) is 4.79 Å². The third-order valence-electron chi connectivity index (χ3n) is 6.58. The lowest BCUT2D eigenvalue weighted by Gasteiger charge is -2.22. The summed E-state index contributed by atoms with van der Waals surface area (Å²) in [5.41, 5.74) is 1.08. The molecule has 6 nitrogen and oxygen atoms in total. The average Bonchev–Trinajstić information content (AvgIpc) is 3.48. The van der Waals surface area contributed by atoms with Crippen molar-refractivity contribution in [3.8, 4) is 22.7 Å². The van der Waals surface area contributed by atoms with E-state index in [0.717, 1.165) is 27.2 Å². The second-order valence-electron chi connectivity index (χ2n) is 8.84. The zero-order chi connectivity index (χ0) is 24.9. The lowest BCUT2D eigenvalue weighted by molar-refractivity contribution is -0.137. The molecule has 2 aromatic carbocycles. The van der Waals surface area contributed by atoms with Crippen molar-refractivity contribution in [2.45, 2.75) is 38.0 Å². The molecule has 3 aromatic rings. The summed E-state index contributed by atoms with van der Waals surface area (Å²) < 4.78 is 49.2. The van der Waals surface area contributed by atoms with Crippen molar-refractivity contribution in [1.82, 2.24) is 9.78 Å². The van der Waals surface area contributed by atoms with Gasteiger partial charge >= 0.3 is 6.18 Å². The Morgan fingerprint density at radius 1 is 1.14 bits per heavy atom. The van der Waals surface area contributed by atoms with Crippen LogP contribution in [0.1, 0.15) is 29.5 Å². The van der Waals surface area contributed by atoms with Crippen molar-refractivity contribution >= 4 is 21.6 Å². The Hall–Kier alpha value is -2.85. The van der Waals surface area contributed by atoms with Gasteiger partial charge in [0.2, 0.25) is 0 Å². The molecule has 1 aliphatic heterocycles. The summed E-state index contributed by atoms with van der Waals surface area (Å²) in [7, 11) is 1.53. The van der Waals surface area contributed by atoms with Crippen LogP contribution in [-0.2, 0) is 19.0 Å². The van der Waals surface area contributed by atoms with Crippen molar-refractivity contribution in [3.63, 3.8) is 0 Å². The van der Waals surface area contributed by atoms with E-state index in [1.54, 1.807) is 12.1 Å². The maximum atomic E-state index is 14.1. The molecular formula is C25H23BrF3N3O3. The maximum absolute atomic E-state index is 14.1. The summed E-state index contributed by atoms with van der Waals surface area (Å²) in [4.78, 5) is 15.3. The lowest BCUT2D eigenvalue weighted by atomic mass is 10.0. The summed E-state index contributed by atoms with van der Waals surface area (Å²) in [6.07, 6.45) is -2.86. The van der Waals surface area contributed by atoms with Gasteiger partial charge < -0.3 is 14.7 Å². The molecule has 5 rings (SSSR count). The van der Waals surface area contributed by atoms with Gasteiger partial charge in [0.25, 0.3) is 5.56 Å². The van der Waals surface area contributed by atoms with Crippen LogP contribution in [0.5, 0.6) is 5.75 Å². The highest BCUT2D eigenvalue weighted by atomic mass is 79.9. The summed E-state index contributed by atoms with van der Waals surface area (Å²) in [5.74, 6) is 0.561. The zero-order valence-corrected chi connectivity index (χ0v) is 20.5. The molecule has 0 unspecified atom stereocenters. The minimum atomic E-state index is -4.68. The fourth-order valence-electron chi connectivity index (χ4n) is 4.90. The Labute approximate surface area is 208 Å². The molecule has 0 spiro atoms. The third kappa shape index (κ3) is 4.45. The second-order valence-corrected chi connectivity index (χ2v) is 9.76. The van der Waals surface area contributed by atoms with Gasteiger partial charge in [0.15, 0.2) is 0 Å². The molecule has 2 aliphatic rings. The molecule has 0 bridgehead atoms. The van der Waals surface area contributed by atoms with Gasteiger partial charge in [-0.25, -0.2) is 0 Å². The first kappa shape index (κ1) is 23.9. The van der Waals surface area contributed by atoms with Crippen LogP contribution in [0, 0.1) is 0 Å². The Kier molecular flexibility index (Phi) is 6.13. The monoisotopic (exact) mass is 549 g/mol. The first-order valence-electron chi connectivity index (χ1n) is 11.3. The van der Waals surface area contributed by atoms with Crippen LogP contribution in [0.4, 0.5) is 18.9 Å². The number of β-amino-alcohol motifs (C(OH)–C–C–N with tert-alkyl or cyclic N) is 1.